The Morgan fingerprint density at radius 3 is 2.85 bits per heavy atom. The highest BCUT2D eigenvalue weighted by Gasteiger charge is 2.23. The van der Waals surface area contributed by atoms with Gasteiger partial charge in [0.15, 0.2) is 0 Å². The largest absolute Gasteiger partial charge is 0.491 e. The number of hydrogen-bond donors (Lipinski definition) is 2. The molecule has 1 fully saturated rings. The Balaban J connectivity index is 1.85. The van der Waals surface area contributed by atoms with Crippen molar-refractivity contribution < 1.29 is 9.53 Å². The van der Waals surface area contributed by atoms with Crippen LogP contribution in [0, 0.1) is 5.92 Å². The molecule has 3 N–H and O–H groups in total. The van der Waals surface area contributed by atoms with Crippen LogP contribution in [0.5, 0.6) is 5.75 Å². The first-order valence-corrected chi connectivity index (χ1v) is 7.19. The van der Waals surface area contributed by atoms with Crippen LogP contribution in [0.25, 0.3) is 0 Å². The minimum Gasteiger partial charge on any atom is -0.491 e. The monoisotopic (exact) mass is 277 g/mol. The zero-order chi connectivity index (χ0) is 14.4. The molecular weight excluding hydrogens is 254 g/mol. The van der Waals surface area contributed by atoms with E-state index in [9.17, 15) is 4.79 Å². The Morgan fingerprint density at radius 2 is 2.20 bits per heavy atom. The highest BCUT2D eigenvalue weighted by molar-refractivity contribution is 5.96. The van der Waals surface area contributed by atoms with Crippen molar-refractivity contribution in [2.24, 2.45) is 11.8 Å². The number of nitrogens with zero attached hydrogens (tertiary/aromatic N) is 1. The average molecular weight is 277 g/mol. The van der Waals surface area contributed by atoms with E-state index >= 15 is 0 Å². The number of amides is 1. The van der Waals surface area contributed by atoms with Crippen LogP contribution in [-0.2, 0) is 0 Å². The van der Waals surface area contributed by atoms with Gasteiger partial charge in [0.05, 0.1) is 5.56 Å². The fourth-order valence-corrected chi connectivity index (χ4v) is 2.19. The molecule has 1 aliphatic rings. The molecule has 0 unspecified atom stereocenters. The molecule has 0 saturated heterocycles. The molecule has 5 heteroatoms. The lowest BCUT2D eigenvalue weighted by Gasteiger charge is -2.20. The van der Waals surface area contributed by atoms with E-state index in [1.165, 1.54) is 12.8 Å². The average Bonchev–Trinajstić information content (AvgIpc) is 3.30. The Kier molecular flexibility index (Phi) is 5.38. The molecule has 1 saturated carbocycles. The van der Waals surface area contributed by atoms with Crippen molar-refractivity contribution >= 4 is 5.91 Å². The quantitative estimate of drug-likeness (QED) is 0.428. The number of rotatable bonds is 8. The van der Waals surface area contributed by atoms with Crippen molar-refractivity contribution in [3.63, 3.8) is 0 Å². The Labute approximate surface area is 120 Å². The first-order valence-electron chi connectivity index (χ1n) is 7.19. The van der Waals surface area contributed by atoms with Gasteiger partial charge in [-0.05, 0) is 37.4 Å². The predicted molar refractivity (Wildman–Crippen MR) is 78.4 cm³/mol. The van der Waals surface area contributed by atoms with Gasteiger partial charge in [-0.25, -0.2) is 5.84 Å². The topological polar surface area (TPSA) is 67.6 Å². The van der Waals surface area contributed by atoms with Crippen LogP contribution in [-0.4, -0.2) is 37.0 Å². The molecule has 0 bridgehead atoms. The van der Waals surface area contributed by atoms with E-state index in [0.29, 0.717) is 17.9 Å². The first-order chi connectivity index (χ1) is 9.74. The summed E-state index contributed by atoms with van der Waals surface area (Å²) in [6.07, 6.45) is 2.72. The Morgan fingerprint density at radius 1 is 1.45 bits per heavy atom. The lowest BCUT2D eigenvalue weighted by molar-refractivity contribution is 0.0948. The summed E-state index contributed by atoms with van der Waals surface area (Å²) in [6, 6.07) is 7.15. The highest BCUT2D eigenvalue weighted by atomic mass is 16.5. The molecule has 1 aromatic rings. The van der Waals surface area contributed by atoms with Crippen LogP contribution < -0.4 is 16.0 Å². The molecule has 0 aliphatic heterocycles. The van der Waals surface area contributed by atoms with Crippen molar-refractivity contribution in [2.75, 3.05) is 26.2 Å². The second-order valence-corrected chi connectivity index (χ2v) is 5.15. The fourth-order valence-electron chi connectivity index (χ4n) is 2.19. The van der Waals surface area contributed by atoms with Gasteiger partial charge in [-0.15, -0.1) is 0 Å². The lowest BCUT2D eigenvalue weighted by Crippen LogP contribution is -2.32. The fraction of sp³-hybridized carbons (Fsp3) is 0.533. The molecule has 0 aromatic heterocycles. The van der Waals surface area contributed by atoms with E-state index in [0.717, 1.165) is 25.6 Å². The van der Waals surface area contributed by atoms with Crippen molar-refractivity contribution in [3.8, 4) is 5.75 Å². The highest BCUT2D eigenvalue weighted by Crippen LogP contribution is 2.29. The summed E-state index contributed by atoms with van der Waals surface area (Å²) >= 11 is 0. The van der Waals surface area contributed by atoms with Gasteiger partial charge in [0.1, 0.15) is 12.4 Å². The number of nitrogens with two attached hydrogens (primary N) is 1. The minimum absolute atomic E-state index is 0.328. The van der Waals surface area contributed by atoms with E-state index in [2.05, 4.69) is 17.2 Å². The molecule has 0 atom stereocenters. The summed E-state index contributed by atoms with van der Waals surface area (Å²) in [4.78, 5) is 14.0. The second-order valence-electron chi connectivity index (χ2n) is 5.15. The number of ether oxygens (including phenoxy) is 1. The molecule has 20 heavy (non-hydrogen) atoms. The third-order valence-electron chi connectivity index (χ3n) is 3.59. The summed E-state index contributed by atoms with van der Waals surface area (Å²) in [5, 5.41) is 0. The third-order valence-corrected chi connectivity index (χ3v) is 3.59. The molecule has 0 heterocycles. The van der Waals surface area contributed by atoms with Gasteiger partial charge < -0.3 is 4.74 Å². The summed E-state index contributed by atoms with van der Waals surface area (Å²) in [5.74, 6) is 6.30. The Hall–Kier alpha value is -1.59. The molecule has 0 radical (unpaired) electrons. The van der Waals surface area contributed by atoms with E-state index in [-0.39, 0.29) is 5.91 Å². The molecule has 2 rings (SSSR count). The van der Waals surface area contributed by atoms with E-state index in [1.807, 2.05) is 6.07 Å². The van der Waals surface area contributed by atoms with E-state index in [4.69, 9.17) is 10.6 Å². The zero-order valence-corrected chi connectivity index (χ0v) is 12.0. The number of para-hydroxylation sites is 1. The normalized spacial score (nSPS) is 14.3. The van der Waals surface area contributed by atoms with Crippen LogP contribution in [0.4, 0.5) is 0 Å². The van der Waals surface area contributed by atoms with Crippen molar-refractivity contribution in [2.45, 2.75) is 19.8 Å². The molecule has 5 nitrogen and oxygen atoms in total. The standard InChI is InChI=1S/C15H23N3O2/c1-2-18(11-12-7-8-12)9-10-20-14-6-4-3-5-13(14)15(19)17-16/h3-6,12H,2,7-11,16H2,1H3,(H,17,19). The maximum absolute atomic E-state index is 11.6. The van der Waals surface area contributed by atoms with Crippen LogP contribution in [0.1, 0.15) is 30.1 Å². The molecule has 1 aromatic carbocycles. The summed E-state index contributed by atoms with van der Waals surface area (Å²) in [7, 11) is 0. The van der Waals surface area contributed by atoms with Gasteiger partial charge in [0, 0.05) is 13.1 Å². The first kappa shape index (κ1) is 14.8. The number of hydrazine groups is 1. The van der Waals surface area contributed by atoms with Crippen molar-refractivity contribution in [1.82, 2.24) is 10.3 Å². The molecule has 0 spiro atoms. The minimum atomic E-state index is -0.328. The molecule has 110 valence electrons. The summed E-state index contributed by atoms with van der Waals surface area (Å²) in [5.41, 5.74) is 2.61. The lowest BCUT2D eigenvalue weighted by atomic mass is 10.2. The van der Waals surface area contributed by atoms with Gasteiger partial charge in [0.25, 0.3) is 5.91 Å². The van der Waals surface area contributed by atoms with Gasteiger partial charge in [-0.1, -0.05) is 19.1 Å². The van der Waals surface area contributed by atoms with Crippen LogP contribution in [0.2, 0.25) is 0 Å². The van der Waals surface area contributed by atoms with Gasteiger partial charge in [-0.3, -0.25) is 15.1 Å². The van der Waals surface area contributed by atoms with Gasteiger partial charge >= 0.3 is 0 Å². The van der Waals surface area contributed by atoms with Crippen molar-refractivity contribution in [1.29, 1.82) is 0 Å². The number of carbonyl (C=O) groups is 1. The second kappa shape index (κ2) is 7.26. The SMILES string of the molecule is CCN(CCOc1ccccc1C(=O)NN)CC1CC1. The number of nitrogen functional groups attached to an aromatic ring is 1. The van der Waals surface area contributed by atoms with E-state index in [1.54, 1.807) is 18.2 Å². The number of benzene rings is 1. The number of carbonyl (C=O) groups excluding carboxylic acids is 1. The van der Waals surface area contributed by atoms with Crippen LogP contribution in [0.15, 0.2) is 24.3 Å². The maximum atomic E-state index is 11.6. The van der Waals surface area contributed by atoms with Gasteiger partial charge in [0.2, 0.25) is 0 Å². The van der Waals surface area contributed by atoms with Gasteiger partial charge in [-0.2, -0.15) is 0 Å². The third kappa shape index (κ3) is 4.21. The molecule has 1 amide bonds. The molecule has 1 aliphatic carbocycles. The van der Waals surface area contributed by atoms with Crippen molar-refractivity contribution in [3.05, 3.63) is 29.8 Å². The summed E-state index contributed by atoms with van der Waals surface area (Å²) < 4.78 is 5.74. The predicted octanol–water partition coefficient (Wildman–Crippen LogP) is 1.40. The smallest absolute Gasteiger partial charge is 0.268 e. The Bertz CT molecular complexity index is 446. The van der Waals surface area contributed by atoms with Crippen LogP contribution in [0.3, 0.4) is 0 Å². The number of hydrogen-bond acceptors (Lipinski definition) is 4. The maximum Gasteiger partial charge on any atom is 0.268 e. The molecular formula is C15H23N3O2. The van der Waals surface area contributed by atoms with E-state index < -0.39 is 0 Å². The summed E-state index contributed by atoms with van der Waals surface area (Å²) in [6.45, 7) is 5.81. The zero-order valence-electron chi connectivity index (χ0n) is 12.0. The number of likely N-dealkylation sites (N-methyl/N-ethyl adjacent to an activating group) is 1. The van der Waals surface area contributed by atoms with Crippen LogP contribution >= 0.6 is 0 Å². The number of nitrogens with one attached hydrogen (secondary N) is 1.